The number of imidazole rings is 1. The molecule has 3 rings (SSSR count). The highest BCUT2D eigenvalue weighted by Gasteiger charge is 2.25. The Hall–Kier alpha value is -2.04. The van der Waals surface area contributed by atoms with E-state index in [1.165, 1.54) is 4.90 Å². The van der Waals surface area contributed by atoms with Gasteiger partial charge in [0.25, 0.3) is 0 Å². The van der Waals surface area contributed by atoms with E-state index in [1.807, 2.05) is 24.3 Å². The van der Waals surface area contributed by atoms with Gasteiger partial charge >= 0.3 is 6.09 Å². The predicted molar refractivity (Wildman–Crippen MR) is 67.7 cm³/mol. The Bertz CT molecular complexity index is 537. The third kappa shape index (κ3) is 1.92. The van der Waals surface area contributed by atoms with Gasteiger partial charge in [0.15, 0.2) is 0 Å². The van der Waals surface area contributed by atoms with Crippen LogP contribution in [-0.2, 0) is 0 Å². The minimum Gasteiger partial charge on any atom is -0.465 e. The lowest BCUT2D eigenvalue weighted by Gasteiger charge is -2.28. The van der Waals surface area contributed by atoms with Crippen molar-refractivity contribution >= 4 is 17.1 Å². The molecule has 1 aliphatic rings. The fourth-order valence-corrected chi connectivity index (χ4v) is 2.51. The van der Waals surface area contributed by atoms with Crippen LogP contribution in [-0.4, -0.2) is 39.2 Å². The van der Waals surface area contributed by atoms with Gasteiger partial charge in [-0.25, -0.2) is 9.78 Å². The number of amides is 1. The van der Waals surface area contributed by atoms with Crippen molar-refractivity contribution in [3.8, 4) is 0 Å². The molecule has 0 saturated carbocycles. The first-order chi connectivity index (χ1) is 8.74. The number of likely N-dealkylation sites (tertiary alicyclic amines) is 1. The van der Waals surface area contributed by atoms with E-state index in [1.54, 1.807) is 0 Å². The van der Waals surface area contributed by atoms with E-state index >= 15 is 0 Å². The van der Waals surface area contributed by atoms with Crippen LogP contribution in [0.4, 0.5) is 4.79 Å². The van der Waals surface area contributed by atoms with Gasteiger partial charge in [-0.05, 0) is 25.0 Å². The number of hydrogen-bond donors (Lipinski definition) is 2. The SMILES string of the molecule is O=C(O)N1CCC(c2nc3ccccc3[nH]2)CC1. The molecule has 1 amide bonds. The summed E-state index contributed by atoms with van der Waals surface area (Å²) in [4.78, 5) is 20.2. The van der Waals surface area contributed by atoms with Gasteiger partial charge in [-0.3, -0.25) is 0 Å². The molecule has 2 N–H and O–H groups in total. The Morgan fingerprint density at radius 3 is 2.72 bits per heavy atom. The summed E-state index contributed by atoms with van der Waals surface area (Å²) in [6.07, 6.45) is 0.858. The van der Waals surface area contributed by atoms with Crippen LogP contribution in [0.5, 0.6) is 0 Å². The Morgan fingerprint density at radius 1 is 1.33 bits per heavy atom. The maximum Gasteiger partial charge on any atom is 0.407 e. The Balaban J connectivity index is 1.78. The third-order valence-electron chi connectivity index (χ3n) is 3.56. The summed E-state index contributed by atoms with van der Waals surface area (Å²) < 4.78 is 0. The van der Waals surface area contributed by atoms with E-state index < -0.39 is 6.09 Å². The average Bonchev–Trinajstić information content (AvgIpc) is 2.82. The number of hydrogen-bond acceptors (Lipinski definition) is 2. The quantitative estimate of drug-likeness (QED) is 0.810. The van der Waals surface area contributed by atoms with Crippen molar-refractivity contribution in [3.63, 3.8) is 0 Å². The number of fused-ring (bicyclic) bond motifs is 1. The molecular weight excluding hydrogens is 230 g/mol. The van der Waals surface area contributed by atoms with E-state index in [0.29, 0.717) is 19.0 Å². The summed E-state index contributed by atoms with van der Waals surface area (Å²) in [6, 6.07) is 7.96. The Kier molecular flexibility index (Phi) is 2.66. The molecule has 0 bridgehead atoms. The van der Waals surface area contributed by atoms with E-state index in [0.717, 1.165) is 29.7 Å². The van der Waals surface area contributed by atoms with Gasteiger partial charge < -0.3 is 15.0 Å². The first-order valence-corrected chi connectivity index (χ1v) is 6.16. The van der Waals surface area contributed by atoms with Gasteiger partial charge in [0.2, 0.25) is 0 Å². The molecule has 0 radical (unpaired) electrons. The second kappa shape index (κ2) is 4.33. The molecule has 18 heavy (non-hydrogen) atoms. The van der Waals surface area contributed by atoms with Crippen molar-refractivity contribution in [1.29, 1.82) is 0 Å². The molecule has 5 heteroatoms. The van der Waals surface area contributed by atoms with Gasteiger partial charge in [0, 0.05) is 19.0 Å². The Labute approximate surface area is 104 Å². The zero-order chi connectivity index (χ0) is 12.5. The van der Waals surface area contributed by atoms with Crippen LogP contribution >= 0.6 is 0 Å². The van der Waals surface area contributed by atoms with Gasteiger partial charge in [-0.1, -0.05) is 12.1 Å². The molecule has 1 aromatic carbocycles. The number of carboxylic acid groups (broad SMARTS) is 1. The van der Waals surface area contributed by atoms with E-state index in [9.17, 15) is 4.79 Å². The highest BCUT2D eigenvalue weighted by Crippen LogP contribution is 2.27. The molecule has 1 aromatic heterocycles. The summed E-state index contributed by atoms with van der Waals surface area (Å²) in [5.74, 6) is 1.33. The van der Waals surface area contributed by atoms with E-state index in [2.05, 4.69) is 9.97 Å². The number of para-hydroxylation sites is 2. The summed E-state index contributed by atoms with van der Waals surface area (Å²) in [6.45, 7) is 1.19. The molecule has 1 aliphatic heterocycles. The number of aromatic nitrogens is 2. The van der Waals surface area contributed by atoms with Crippen LogP contribution in [0.2, 0.25) is 0 Å². The number of rotatable bonds is 1. The summed E-state index contributed by atoms with van der Waals surface area (Å²) >= 11 is 0. The van der Waals surface area contributed by atoms with Gasteiger partial charge in [0.05, 0.1) is 11.0 Å². The fraction of sp³-hybridized carbons (Fsp3) is 0.385. The predicted octanol–water partition coefficient (Wildman–Crippen LogP) is 2.42. The number of H-pyrrole nitrogens is 1. The second-order valence-electron chi connectivity index (χ2n) is 4.68. The zero-order valence-corrected chi connectivity index (χ0v) is 9.97. The molecule has 2 aromatic rings. The van der Waals surface area contributed by atoms with Gasteiger partial charge in [0.1, 0.15) is 5.82 Å². The molecule has 0 spiro atoms. The molecular formula is C13H15N3O2. The van der Waals surface area contributed by atoms with Crippen molar-refractivity contribution in [2.24, 2.45) is 0 Å². The zero-order valence-electron chi connectivity index (χ0n) is 9.97. The standard InChI is InChI=1S/C13H15N3O2/c17-13(18)16-7-5-9(6-8-16)12-14-10-3-1-2-4-11(10)15-12/h1-4,9H,5-8H2,(H,14,15)(H,17,18). The highest BCUT2D eigenvalue weighted by molar-refractivity contribution is 5.74. The molecule has 0 unspecified atom stereocenters. The van der Waals surface area contributed by atoms with Crippen molar-refractivity contribution in [3.05, 3.63) is 30.1 Å². The average molecular weight is 245 g/mol. The molecule has 2 heterocycles. The van der Waals surface area contributed by atoms with Gasteiger partial charge in [-0.2, -0.15) is 0 Å². The van der Waals surface area contributed by atoms with Crippen LogP contribution in [0.1, 0.15) is 24.6 Å². The lowest BCUT2D eigenvalue weighted by molar-refractivity contribution is 0.131. The number of carbonyl (C=O) groups is 1. The van der Waals surface area contributed by atoms with E-state index in [4.69, 9.17) is 5.11 Å². The lowest BCUT2D eigenvalue weighted by Crippen LogP contribution is -2.37. The normalized spacial score (nSPS) is 17.2. The maximum atomic E-state index is 10.8. The molecule has 5 nitrogen and oxygen atoms in total. The van der Waals surface area contributed by atoms with Crippen molar-refractivity contribution in [1.82, 2.24) is 14.9 Å². The van der Waals surface area contributed by atoms with Crippen LogP contribution in [0.15, 0.2) is 24.3 Å². The van der Waals surface area contributed by atoms with Crippen LogP contribution in [0.3, 0.4) is 0 Å². The largest absolute Gasteiger partial charge is 0.465 e. The minimum absolute atomic E-state index is 0.341. The van der Waals surface area contributed by atoms with E-state index in [-0.39, 0.29) is 0 Å². The number of nitrogens with zero attached hydrogens (tertiary/aromatic N) is 2. The Morgan fingerprint density at radius 2 is 2.06 bits per heavy atom. The summed E-state index contributed by atoms with van der Waals surface area (Å²) in [5, 5.41) is 8.91. The van der Waals surface area contributed by atoms with Gasteiger partial charge in [-0.15, -0.1) is 0 Å². The van der Waals surface area contributed by atoms with Crippen LogP contribution in [0.25, 0.3) is 11.0 Å². The first kappa shape index (κ1) is 11.1. The molecule has 1 saturated heterocycles. The number of aromatic amines is 1. The van der Waals surface area contributed by atoms with Crippen LogP contribution in [0, 0.1) is 0 Å². The second-order valence-corrected chi connectivity index (χ2v) is 4.68. The van der Waals surface area contributed by atoms with Crippen molar-refractivity contribution in [2.75, 3.05) is 13.1 Å². The smallest absolute Gasteiger partial charge is 0.407 e. The maximum absolute atomic E-state index is 10.8. The topological polar surface area (TPSA) is 69.2 Å². The van der Waals surface area contributed by atoms with Crippen molar-refractivity contribution < 1.29 is 9.90 Å². The first-order valence-electron chi connectivity index (χ1n) is 6.16. The van der Waals surface area contributed by atoms with Crippen LogP contribution < -0.4 is 0 Å². The summed E-state index contributed by atoms with van der Waals surface area (Å²) in [7, 11) is 0. The molecule has 94 valence electrons. The molecule has 0 atom stereocenters. The molecule has 0 aliphatic carbocycles. The lowest BCUT2D eigenvalue weighted by atomic mass is 9.96. The highest BCUT2D eigenvalue weighted by atomic mass is 16.4. The fourth-order valence-electron chi connectivity index (χ4n) is 2.51. The number of piperidine rings is 1. The minimum atomic E-state index is -0.821. The third-order valence-corrected chi connectivity index (χ3v) is 3.56. The van der Waals surface area contributed by atoms with Crippen molar-refractivity contribution in [2.45, 2.75) is 18.8 Å². The monoisotopic (exact) mass is 245 g/mol. The number of benzene rings is 1. The number of nitrogens with one attached hydrogen (secondary N) is 1. The molecule has 1 fully saturated rings. The summed E-state index contributed by atoms with van der Waals surface area (Å²) in [5.41, 5.74) is 2.03.